The Balaban J connectivity index is 1.24. The van der Waals surface area contributed by atoms with E-state index in [4.69, 9.17) is 0 Å². The normalized spacial score (nSPS) is 21.7. The number of aromatic nitrogens is 4. The van der Waals surface area contributed by atoms with Crippen LogP contribution >= 0.6 is 11.5 Å². The van der Waals surface area contributed by atoms with Crippen molar-refractivity contribution in [3.63, 3.8) is 0 Å². The molecule has 0 unspecified atom stereocenters. The van der Waals surface area contributed by atoms with E-state index in [0.717, 1.165) is 29.7 Å². The van der Waals surface area contributed by atoms with Gasteiger partial charge in [-0.1, -0.05) is 0 Å². The summed E-state index contributed by atoms with van der Waals surface area (Å²) < 4.78 is 6.42. The SMILES string of the molecule is O=C1NCCN1c1cnn(C2CN(c3nc(C4CC4)ns3)C2)c1. The van der Waals surface area contributed by atoms with Crippen molar-refractivity contribution in [2.24, 2.45) is 0 Å². The van der Waals surface area contributed by atoms with Gasteiger partial charge in [-0.05, 0) is 12.8 Å². The van der Waals surface area contributed by atoms with E-state index in [2.05, 4.69) is 24.7 Å². The van der Waals surface area contributed by atoms with E-state index in [1.807, 2.05) is 10.9 Å². The Morgan fingerprint density at radius 2 is 2.17 bits per heavy atom. The van der Waals surface area contributed by atoms with Gasteiger partial charge < -0.3 is 10.2 Å². The number of nitrogens with zero attached hydrogens (tertiary/aromatic N) is 6. The topological polar surface area (TPSA) is 79.2 Å². The van der Waals surface area contributed by atoms with Crippen LogP contribution in [0.5, 0.6) is 0 Å². The van der Waals surface area contributed by atoms with Gasteiger partial charge in [-0.25, -0.2) is 9.78 Å². The zero-order valence-corrected chi connectivity index (χ0v) is 13.4. The fourth-order valence-electron chi connectivity index (χ4n) is 3.03. The third-order valence-electron chi connectivity index (χ3n) is 4.64. The maximum Gasteiger partial charge on any atom is 0.322 e. The highest BCUT2D eigenvalue weighted by Crippen LogP contribution is 2.40. The molecule has 5 rings (SSSR count). The molecule has 2 aromatic rings. The molecular formula is C14H17N7OS. The van der Waals surface area contributed by atoms with Gasteiger partial charge >= 0.3 is 6.03 Å². The smallest absolute Gasteiger partial charge is 0.322 e. The van der Waals surface area contributed by atoms with Crippen molar-refractivity contribution in [2.45, 2.75) is 24.8 Å². The average molecular weight is 331 g/mol. The molecule has 3 fully saturated rings. The van der Waals surface area contributed by atoms with Crippen LogP contribution in [0.2, 0.25) is 0 Å². The summed E-state index contributed by atoms with van der Waals surface area (Å²) in [5.41, 5.74) is 0.866. The first-order chi connectivity index (χ1) is 11.3. The van der Waals surface area contributed by atoms with Crippen LogP contribution in [0.25, 0.3) is 0 Å². The summed E-state index contributed by atoms with van der Waals surface area (Å²) in [6.07, 6.45) is 6.20. The van der Waals surface area contributed by atoms with Gasteiger partial charge in [0.15, 0.2) is 0 Å². The Labute approximate surface area is 137 Å². The number of carbonyl (C=O) groups excluding carboxylic acids is 1. The number of amides is 2. The summed E-state index contributed by atoms with van der Waals surface area (Å²) >= 11 is 1.50. The standard InChI is InChI=1S/C14H17N7OS/c22-13-15-3-4-20(13)10-5-16-21(8-10)11-6-19(7-11)14-17-12(18-23-14)9-1-2-9/h5,8-9,11H,1-4,6-7H2,(H,15,22). The number of rotatable bonds is 4. The number of carbonyl (C=O) groups is 1. The molecule has 0 radical (unpaired) electrons. The third kappa shape index (κ3) is 2.26. The lowest BCUT2D eigenvalue weighted by Crippen LogP contribution is -2.48. The summed E-state index contributed by atoms with van der Waals surface area (Å²) in [6.45, 7) is 3.19. The van der Waals surface area contributed by atoms with Crippen molar-refractivity contribution in [1.82, 2.24) is 24.5 Å². The monoisotopic (exact) mass is 331 g/mol. The maximum absolute atomic E-state index is 11.7. The Morgan fingerprint density at radius 1 is 1.30 bits per heavy atom. The second kappa shape index (κ2) is 4.92. The molecule has 9 heteroatoms. The molecule has 0 aromatic carbocycles. The number of anilines is 2. The Morgan fingerprint density at radius 3 is 2.91 bits per heavy atom. The molecule has 8 nitrogen and oxygen atoms in total. The minimum atomic E-state index is -0.0405. The molecule has 2 amide bonds. The molecule has 2 aliphatic heterocycles. The number of nitrogens with one attached hydrogen (secondary N) is 1. The first-order valence-corrected chi connectivity index (χ1v) is 8.73. The Hall–Kier alpha value is -2.16. The lowest BCUT2D eigenvalue weighted by atomic mass is 10.1. The molecule has 2 saturated heterocycles. The molecule has 1 saturated carbocycles. The summed E-state index contributed by atoms with van der Waals surface area (Å²) in [6, 6.07) is 0.295. The number of hydrogen-bond donors (Lipinski definition) is 1. The van der Waals surface area contributed by atoms with E-state index in [1.165, 1.54) is 24.4 Å². The molecule has 2 aromatic heterocycles. The summed E-state index contributed by atoms with van der Waals surface area (Å²) in [7, 11) is 0. The predicted molar refractivity (Wildman–Crippen MR) is 86.1 cm³/mol. The van der Waals surface area contributed by atoms with Crippen LogP contribution in [0.3, 0.4) is 0 Å². The fourth-order valence-corrected chi connectivity index (χ4v) is 3.79. The molecular weight excluding hydrogens is 314 g/mol. The van der Waals surface area contributed by atoms with Crippen LogP contribution in [0, 0.1) is 0 Å². The van der Waals surface area contributed by atoms with Crippen molar-refractivity contribution >= 4 is 28.4 Å². The molecule has 3 aliphatic rings. The molecule has 120 valence electrons. The van der Waals surface area contributed by atoms with E-state index < -0.39 is 0 Å². The van der Waals surface area contributed by atoms with Crippen molar-refractivity contribution < 1.29 is 4.79 Å². The van der Waals surface area contributed by atoms with E-state index >= 15 is 0 Å². The van der Waals surface area contributed by atoms with Crippen molar-refractivity contribution in [1.29, 1.82) is 0 Å². The predicted octanol–water partition coefficient (Wildman–Crippen LogP) is 1.20. The van der Waals surface area contributed by atoms with E-state index in [9.17, 15) is 4.79 Å². The van der Waals surface area contributed by atoms with Gasteiger partial charge in [-0.3, -0.25) is 9.58 Å². The van der Waals surface area contributed by atoms with Crippen LogP contribution in [0.1, 0.15) is 30.6 Å². The lowest BCUT2D eigenvalue weighted by molar-refractivity contribution is 0.252. The average Bonchev–Trinajstić information content (AvgIpc) is 2.89. The van der Waals surface area contributed by atoms with Gasteiger partial charge in [0.05, 0.1) is 17.9 Å². The molecule has 0 bridgehead atoms. The van der Waals surface area contributed by atoms with E-state index in [-0.39, 0.29) is 6.03 Å². The zero-order chi connectivity index (χ0) is 15.4. The summed E-state index contributed by atoms with van der Waals surface area (Å²) in [5, 5.41) is 8.25. The fraction of sp³-hybridized carbons (Fsp3) is 0.571. The zero-order valence-electron chi connectivity index (χ0n) is 12.6. The second-order valence-corrected chi connectivity index (χ2v) is 7.06. The number of hydrogen-bond acceptors (Lipinski definition) is 6. The van der Waals surface area contributed by atoms with Gasteiger partial charge in [0.2, 0.25) is 5.13 Å². The van der Waals surface area contributed by atoms with E-state index in [1.54, 1.807) is 11.1 Å². The molecule has 1 N–H and O–H groups in total. The van der Waals surface area contributed by atoms with Gasteiger partial charge in [-0.2, -0.15) is 9.47 Å². The Bertz CT molecular complexity index is 746. The molecule has 0 spiro atoms. The van der Waals surface area contributed by atoms with Crippen molar-refractivity contribution in [3.8, 4) is 0 Å². The summed E-state index contributed by atoms with van der Waals surface area (Å²) in [4.78, 5) is 20.3. The first-order valence-electron chi connectivity index (χ1n) is 7.96. The lowest BCUT2D eigenvalue weighted by Gasteiger charge is -2.38. The minimum Gasteiger partial charge on any atom is -0.342 e. The third-order valence-corrected chi connectivity index (χ3v) is 5.43. The molecule has 0 atom stereocenters. The van der Waals surface area contributed by atoms with Crippen LogP contribution in [0.15, 0.2) is 12.4 Å². The van der Waals surface area contributed by atoms with E-state index in [0.29, 0.717) is 25.0 Å². The van der Waals surface area contributed by atoms with Gasteiger partial charge in [-0.15, -0.1) is 0 Å². The molecule has 23 heavy (non-hydrogen) atoms. The first kappa shape index (κ1) is 13.3. The quantitative estimate of drug-likeness (QED) is 0.911. The minimum absolute atomic E-state index is 0.0405. The highest BCUT2D eigenvalue weighted by molar-refractivity contribution is 7.09. The Kier molecular flexibility index (Phi) is 2.84. The van der Waals surface area contributed by atoms with Crippen LogP contribution in [-0.4, -0.2) is 51.3 Å². The van der Waals surface area contributed by atoms with Crippen molar-refractivity contribution in [2.75, 3.05) is 36.0 Å². The second-order valence-electron chi connectivity index (χ2n) is 6.33. The van der Waals surface area contributed by atoms with Crippen LogP contribution in [-0.2, 0) is 0 Å². The van der Waals surface area contributed by atoms with Crippen LogP contribution < -0.4 is 15.1 Å². The highest BCUT2D eigenvalue weighted by atomic mass is 32.1. The number of urea groups is 1. The van der Waals surface area contributed by atoms with Gasteiger partial charge in [0, 0.05) is 49.8 Å². The maximum atomic E-state index is 11.7. The molecule has 1 aliphatic carbocycles. The van der Waals surface area contributed by atoms with Gasteiger partial charge in [0.1, 0.15) is 5.82 Å². The van der Waals surface area contributed by atoms with Crippen LogP contribution in [0.4, 0.5) is 15.6 Å². The summed E-state index contributed by atoms with van der Waals surface area (Å²) in [5.74, 6) is 1.63. The highest BCUT2D eigenvalue weighted by Gasteiger charge is 2.34. The van der Waals surface area contributed by atoms with Crippen molar-refractivity contribution in [3.05, 3.63) is 18.2 Å². The molecule has 4 heterocycles. The van der Waals surface area contributed by atoms with Gasteiger partial charge in [0.25, 0.3) is 0 Å². The largest absolute Gasteiger partial charge is 0.342 e.